The molecule has 4 aromatic rings. The van der Waals surface area contributed by atoms with Crippen molar-refractivity contribution in [1.29, 1.82) is 0 Å². The Bertz CT molecular complexity index is 1790. The first-order chi connectivity index (χ1) is 21.9. The van der Waals surface area contributed by atoms with Crippen molar-refractivity contribution in [3.05, 3.63) is 82.2 Å². The fourth-order valence-corrected chi connectivity index (χ4v) is 5.99. The number of methoxy groups -OCH3 is 1. The predicted octanol–water partition coefficient (Wildman–Crippen LogP) is 6.57. The third-order valence-electron chi connectivity index (χ3n) is 8.37. The molecule has 1 aromatic heterocycles. The molecule has 0 radical (unpaired) electrons. The van der Waals surface area contributed by atoms with Crippen LogP contribution in [-0.2, 0) is 0 Å². The minimum absolute atomic E-state index is 0.00306. The molecule has 2 aliphatic heterocycles. The van der Waals surface area contributed by atoms with E-state index in [-0.39, 0.29) is 23.3 Å². The summed E-state index contributed by atoms with van der Waals surface area (Å²) in [6.07, 6.45) is 8.62. The van der Waals surface area contributed by atoms with Gasteiger partial charge in [0.05, 0.1) is 54.2 Å². The summed E-state index contributed by atoms with van der Waals surface area (Å²) in [5.74, 6) is 1.92. The number of amides is 1. The number of ether oxygens (including phenoxy) is 3. The molecule has 1 atom stereocenters. The minimum Gasteiger partial charge on any atom is -0.494 e. The second-order valence-corrected chi connectivity index (χ2v) is 11.4. The number of aliphatic imine (C=N–C) groups is 1. The molecular formula is C35H37FN4O5. The van der Waals surface area contributed by atoms with Gasteiger partial charge >= 0.3 is 0 Å². The third-order valence-corrected chi connectivity index (χ3v) is 8.37. The summed E-state index contributed by atoms with van der Waals surface area (Å²) in [5, 5.41) is 0.451. The van der Waals surface area contributed by atoms with E-state index >= 15 is 0 Å². The van der Waals surface area contributed by atoms with Gasteiger partial charge in [0.1, 0.15) is 17.4 Å². The van der Waals surface area contributed by atoms with Crippen LogP contribution in [0.15, 0.2) is 64.4 Å². The fourth-order valence-electron chi connectivity index (χ4n) is 5.99. The Morgan fingerprint density at radius 3 is 2.44 bits per heavy atom. The number of nitrogens with zero attached hydrogens (tertiary/aromatic N) is 4. The number of carbonyl (C=O) groups excluding carboxylic acids is 1. The number of hydrogen-bond donors (Lipinski definition) is 0. The lowest BCUT2D eigenvalue weighted by Gasteiger charge is -2.20. The smallest absolute Gasteiger partial charge is 0.266 e. The van der Waals surface area contributed by atoms with Gasteiger partial charge in [0, 0.05) is 18.8 Å². The molecule has 2 aliphatic rings. The second kappa shape index (κ2) is 13.5. The third kappa shape index (κ3) is 6.55. The molecule has 0 aliphatic carbocycles. The summed E-state index contributed by atoms with van der Waals surface area (Å²) in [5.41, 5.74) is 2.12. The van der Waals surface area contributed by atoms with Crippen molar-refractivity contribution < 1.29 is 23.4 Å². The van der Waals surface area contributed by atoms with Gasteiger partial charge in [-0.1, -0.05) is 19.3 Å². The summed E-state index contributed by atoms with van der Waals surface area (Å²) in [4.78, 5) is 37.4. The Morgan fingerprint density at radius 2 is 1.67 bits per heavy atom. The summed E-state index contributed by atoms with van der Waals surface area (Å²) in [6, 6.07) is 14.7. The van der Waals surface area contributed by atoms with Crippen molar-refractivity contribution in [1.82, 2.24) is 14.5 Å². The molecule has 1 saturated heterocycles. The van der Waals surface area contributed by atoms with E-state index in [1.54, 1.807) is 44.4 Å². The van der Waals surface area contributed by atoms with Gasteiger partial charge < -0.3 is 19.1 Å². The number of rotatable bonds is 12. The van der Waals surface area contributed by atoms with Gasteiger partial charge in [-0.05, 0) is 81.1 Å². The van der Waals surface area contributed by atoms with Gasteiger partial charge in [-0.15, -0.1) is 0 Å². The normalized spacial score (nSPS) is 15.6. The molecule has 6 rings (SSSR count). The highest BCUT2D eigenvalue weighted by Gasteiger charge is 2.32. The molecule has 1 amide bonds. The number of fused-ring (bicyclic) bond motifs is 3. The molecule has 234 valence electrons. The van der Waals surface area contributed by atoms with Gasteiger partial charge in [0.2, 0.25) is 0 Å². The Morgan fingerprint density at radius 1 is 0.911 bits per heavy atom. The first-order valence-corrected chi connectivity index (χ1v) is 15.5. The van der Waals surface area contributed by atoms with Crippen molar-refractivity contribution in [3.8, 4) is 22.9 Å². The largest absolute Gasteiger partial charge is 0.494 e. The second-order valence-electron chi connectivity index (χ2n) is 11.4. The Balaban J connectivity index is 0.958. The van der Waals surface area contributed by atoms with E-state index in [9.17, 15) is 14.0 Å². The molecule has 0 unspecified atom stereocenters. The van der Waals surface area contributed by atoms with Gasteiger partial charge in [0.15, 0.2) is 11.5 Å². The molecule has 45 heavy (non-hydrogen) atoms. The maximum Gasteiger partial charge on any atom is 0.266 e. The number of aryl methyl sites for hydroxylation is 1. The number of hydrogen-bond acceptors (Lipinski definition) is 7. The van der Waals surface area contributed by atoms with Crippen LogP contribution in [0.5, 0.6) is 17.2 Å². The SMILES string of the molecule is COc1cc2c(cc1OCCCCCCCOc1ccc3nc(C)n(-c4ccc(F)cc4)c(=O)c3c1)N=C[C@@H]1CCCN1C2=O. The molecule has 0 spiro atoms. The zero-order valence-corrected chi connectivity index (χ0v) is 25.6. The average molecular weight is 613 g/mol. The van der Waals surface area contributed by atoms with Gasteiger partial charge in [-0.25, -0.2) is 9.37 Å². The number of carbonyl (C=O) groups is 1. The highest BCUT2D eigenvalue weighted by molar-refractivity contribution is 6.03. The molecule has 3 aromatic carbocycles. The van der Waals surface area contributed by atoms with Crippen LogP contribution in [0.3, 0.4) is 0 Å². The van der Waals surface area contributed by atoms with Crippen LogP contribution in [0.25, 0.3) is 16.6 Å². The van der Waals surface area contributed by atoms with E-state index in [0.717, 1.165) is 51.5 Å². The zero-order valence-electron chi connectivity index (χ0n) is 25.6. The van der Waals surface area contributed by atoms with Crippen LogP contribution in [0.4, 0.5) is 10.1 Å². The Hall–Kier alpha value is -4.73. The quantitative estimate of drug-likeness (QED) is 0.168. The van der Waals surface area contributed by atoms with Crippen molar-refractivity contribution in [2.45, 2.75) is 57.9 Å². The van der Waals surface area contributed by atoms with E-state index < -0.39 is 0 Å². The van der Waals surface area contributed by atoms with Gasteiger partial charge in [-0.3, -0.25) is 19.1 Å². The summed E-state index contributed by atoms with van der Waals surface area (Å²) >= 11 is 0. The van der Waals surface area contributed by atoms with Gasteiger partial charge in [0.25, 0.3) is 11.5 Å². The lowest BCUT2D eigenvalue weighted by Crippen LogP contribution is -2.35. The van der Waals surface area contributed by atoms with Crippen LogP contribution >= 0.6 is 0 Å². The lowest BCUT2D eigenvalue weighted by molar-refractivity contribution is 0.0774. The number of halogens is 1. The number of unbranched alkanes of at least 4 members (excludes halogenated alkanes) is 4. The standard InChI is InChI=1S/C35H37FN4O5/c1-23-38-30-15-14-27(19-28(30)35(42)40(23)25-12-10-24(36)11-13-25)44-17-6-4-3-5-7-18-45-33-21-31-29(20-32(33)43-2)34(41)39-16-8-9-26(39)22-37-31/h10-15,19-22,26H,3-9,16-18H2,1-2H3/t26-/m0/s1. The monoisotopic (exact) mass is 612 g/mol. The summed E-state index contributed by atoms with van der Waals surface area (Å²) in [6.45, 7) is 3.59. The zero-order chi connectivity index (χ0) is 31.3. The van der Waals surface area contributed by atoms with Crippen LogP contribution in [0.1, 0.15) is 61.1 Å². The topological polar surface area (TPSA) is 95.2 Å². The molecule has 0 saturated carbocycles. The predicted molar refractivity (Wildman–Crippen MR) is 171 cm³/mol. The summed E-state index contributed by atoms with van der Waals surface area (Å²) < 4.78 is 32.4. The van der Waals surface area contributed by atoms with E-state index in [4.69, 9.17) is 14.2 Å². The first-order valence-electron chi connectivity index (χ1n) is 15.5. The Kier molecular flexibility index (Phi) is 9.09. The lowest BCUT2D eigenvalue weighted by atomic mass is 10.1. The summed E-state index contributed by atoms with van der Waals surface area (Å²) in [7, 11) is 1.58. The van der Waals surface area contributed by atoms with E-state index in [2.05, 4.69) is 9.98 Å². The van der Waals surface area contributed by atoms with E-state index in [0.29, 0.717) is 64.1 Å². The molecule has 10 heteroatoms. The first kappa shape index (κ1) is 30.3. The number of aromatic nitrogens is 2. The van der Waals surface area contributed by atoms with Crippen molar-refractivity contribution in [2.24, 2.45) is 4.99 Å². The van der Waals surface area contributed by atoms with Crippen LogP contribution < -0.4 is 19.8 Å². The molecule has 1 fully saturated rings. The van der Waals surface area contributed by atoms with Crippen LogP contribution in [0.2, 0.25) is 0 Å². The maximum atomic E-state index is 13.4. The van der Waals surface area contributed by atoms with Crippen LogP contribution in [-0.4, -0.2) is 59.5 Å². The molecule has 3 heterocycles. The highest BCUT2D eigenvalue weighted by Crippen LogP contribution is 2.38. The molecular weight excluding hydrogens is 575 g/mol. The van der Waals surface area contributed by atoms with Crippen molar-refractivity contribution in [2.75, 3.05) is 26.9 Å². The van der Waals surface area contributed by atoms with E-state index in [1.807, 2.05) is 23.2 Å². The van der Waals surface area contributed by atoms with Crippen LogP contribution in [0, 0.1) is 12.7 Å². The van der Waals surface area contributed by atoms with Crippen molar-refractivity contribution in [3.63, 3.8) is 0 Å². The average Bonchev–Trinajstić information content (AvgIpc) is 3.48. The van der Waals surface area contributed by atoms with E-state index in [1.165, 1.54) is 16.7 Å². The highest BCUT2D eigenvalue weighted by atomic mass is 19.1. The molecule has 0 N–H and O–H groups in total. The van der Waals surface area contributed by atoms with Crippen molar-refractivity contribution >= 4 is 28.7 Å². The minimum atomic E-state index is -0.362. The number of benzene rings is 3. The Labute approximate surface area is 261 Å². The van der Waals surface area contributed by atoms with Gasteiger partial charge in [-0.2, -0.15) is 0 Å². The fraction of sp³-hybridized carbons (Fsp3) is 0.371. The molecule has 9 nitrogen and oxygen atoms in total. The molecule has 0 bridgehead atoms. The maximum absolute atomic E-state index is 13.4.